The van der Waals surface area contributed by atoms with Crippen molar-refractivity contribution in [1.82, 2.24) is 4.98 Å². The molecule has 2 N–H and O–H groups in total. The van der Waals surface area contributed by atoms with Crippen LogP contribution in [-0.2, 0) is 9.63 Å². The van der Waals surface area contributed by atoms with Gasteiger partial charge in [-0.3, -0.25) is 4.79 Å². The molecule has 6 heteroatoms. The fraction of sp³-hybridized carbons (Fsp3) is 0.278. The molecule has 0 saturated heterocycles. The maximum absolute atomic E-state index is 12.5. The molecule has 0 bridgehead atoms. The smallest absolute Gasteiger partial charge is 0.273 e. The zero-order valence-corrected chi connectivity index (χ0v) is 13.7. The van der Waals surface area contributed by atoms with Crippen LogP contribution in [0.1, 0.15) is 31.9 Å². The highest BCUT2D eigenvalue weighted by molar-refractivity contribution is 6.43. The van der Waals surface area contributed by atoms with Crippen molar-refractivity contribution in [2.24, 2.45) is 5.16 Å². The van der Waals surface area contributed by atoms with Crippen LogP contribution in [0.2, 0.25) is 0 Å². The predicted molar refractivity (Wildman–Crippen MR) is 93.9 cm³/mol. The van der Waals surface area contributed by atoms with Gasteiger partial charge in [0.15, 0.2) is 6.10 Å². The summed E-state index contributed by atoms with van der Waals surface area (Å²) in [6.07, 6.45) is 1.92. The Morgan fingerprint density at radius 1 is 1.21 bits per heavy atom. The van der Waals surface area contributed by atoms with Crippen LogP contribution in [-0.4, -0.2) is 22.6 Å². The molecule has 0 spiro atoms. The van der Waals surface area contributed by atoms with Crippen molar-refractivity contribution < 1.29 is 9.63 Å². The van der Waals surface area contributed by atoms with Gasteiger partial charge in [-0.1, -0.05) is 35.5 Å². The molecule has 0 aliphatic carbocycles. The largest absolute Gasteiger partial charge is 0.387 e. The van der Waals surface area contributed by atoms with E-state index in [1.54, 1.807) is 18.3 Å². The zero-order valence-electron chi connectivity index (χ0n) is 13.7. The van der Waals surface area contributed by atoms with E-state index < -0.39 is 0 Å². The van der Waals surface area contributed by atoms with Gasteiger partial charge in [0, 0.05) is 18.7 Å². The van der Waals surface area contributed by atoms with Crippen molar-refractivity contribution in [3.8, 4) is 0 Å². The number of hydrogen-bond donors (Lipinski definition) is 2. The third-order valence-corrected chi connectivity index (χ3v) is 3.58. The van der Waals surface area contributed by atoms with Gasteiger partial charge >= 0.3 is 0 Å². The average molecular weight is 324 g/mol. The maximum atomic E-state index is 12.5. The fourth-order valence-corrected chi connectivity index (χ4v) is 2.45. The number of carbonyl (C=O) groups excluding carboxylic acids is 1. The number of benzene rings is 1. The molecule has 6 nitrogen and oxygen atoms in total. The van der Waals surface area contributed by atoms with Crippen molar-refractivity contribution in [3.05, 3.63) is 54.2 Å². The summed E-state index contributed by atoms with van der Waals surface area (Å²) in [5, 5.41) is 10.0. The summed E-state index contributed by atoms with van der Waals surface area (Å²) in [5.41, 5.74) is 2.01. The molecule has 2 aromatic rings. The zero-order chi connectivity index (χ0) is 16.9. The predicted octanol–water partition coefficient (Wildman–Crippen LogP) is 3.36. The van der Waals surface area contributed by atoms with Crippen molar-refractivity contribution in [1.29, 1.82) is 0 Å². The summed E-state index contributed by atoms with van der Waals surface area (Å²) in [5.74, 6) is 0.369. The average Bonchev–Trinajstić information content (AvgIpc) is 3.07. The van der Waals surface area contributed by atoms with Gasteiger partial charge in [-0.25, -0.2) is 4.98 Å². The number of aromatic nitrogens is 1. The van der Waals surface area contributed by atoms with Gasteiger partial charge in [0.25, 0.3) is 5.91 Å². The van der Waals surface area contributed by atoms with Crippen LogP contribution in [0.5, 0.6) is 0 Å². The second-order valence-corrected chi connectivity index (χ2v) is 5.90. The lowest BCUT2D eigenvalue weighted by atomic mass is 10.0. The molecule has 0 fully saturated rings. The number of amides is 1. The quantitative estimate of drug-likeness (QED) is 0.884. The minimum absolute atomic E-state index is 0.213. The number of nitrogens with one attached hydrogen (secondary N) is 2. The number of nitrogens with zero attached hydrogens (tertiary/aromatic N) is 2. The highest BCUT2D eigenvalue weighted by Gasteiger charge is 2.27. The Morgan fingerprint density at radius 2 is 2.00 bits per heavy atom. The van der Waals surface area contributed by atoms with Crippen LogP contribution < -0.4 is 10.6 Å². The first-order valence-corrected chi connectivity index (χ1v) is 7.94. The number of carbonyl (C=O) groups is 1. The van der Waals surface area contributed by atoms with Crippen molar-refractivity contribution in [2.75, 3.05) is 10.6 Å². The highest BCUT2D eigenvalue weighted by Crippen LogP contribution is 2.27. The van der Waals surface area contributed by atoms with Gasteiger partial charge in [-0.2, -0.15) is 0 Å². The first kappa shape index (κ1) is 16.0. The summed E-state index contributed by atoms with van der Waals surface area (Å²) >= 11 is 0. The number of anilines is 2. The van der Waals surface area contributed by atoms with E-state index in [0.717, 1.165) is 5.56 Å². The molecule has 1 aromatic carbocycles. The summed E-state index contributed by atoms with van der Waals surface area (Å²) in [6.45, 7) is 4.03. The van der Waals surface area contributed by atoms with E-state index in [4.69, 9.17) is 4.84 Å². The van der Waals surface area contributed by atoms with Crippen LogP contribution in [0, 0.1) is 0 Å². The van der Waals surface area contributed by atoms with Crippen LogP contribution in [0.15, 0.2) is 53.8 Å². The monoisotopic (exact) mass is 324 g/mol. The van der Waals surface area contributed by atoms with E-state index in [9.17, 15) is 4.79 Å². The van der Waals surface area contributed by atoms with Crippen LogP contribution in [0.4, 0.5) is 11.5 Å². The molecule has 2 heterocycles. The minimum Gasteiger partial charge on any atom is -0.387 e. The third-order valence-electron chi connectivity index (χ3n) is 3.58. The number of pyridine rings is 1. The van der Waals surface area contributed by atoms with Crippen molar-refractivity contribution in [3.63, 3.8) is 0 Å². The Hall–Kier alpha value is -2.89. The molecule has 3 rings (SSSR count). The maximum Gasteiger partial charge on any atom is 0.273 e. The molecule has 0 radical (unpaired) electrons. The van der Waals surface area contributed by atoms with Crippen LogP contribution in [0.25, 0.3) is 0 Å². The van der Waals surface area contributed by atoms with E-state index in [-0.39, 0.29) is 18.1 Å². The Balaban J connectivity index is 1.66. The molecule has 1 aromatic heterocycles. The summed E-state index contributed by atoms with van der Waals surface area (Å²) in [4.78, 5) is 22.1. The number of rotatable bonds is 5. The molecule has 1 aliphatic rings. The summed E-state index contributed by atoms with van der Waals surface area (Å²) in [7, 11) is 0. The van der Waals surface area contributed by atoms with E-state index in [1.807, 2.05) is 44.2 Å². The highest BCUT2D eigenvalue weighted by atomic mass is 16.6. The van der Waals surface area contributed by atoms with Gasteiger partial charge in [0.05, 0.1) is 5.69 Å². The van der Waals surface area contributed by atoms with Gasteiger partial charge in [-0.15, -0.1) is 0 Å². The summed E-state index contributed by atoms with van der Waals surface area (Å²) in [6, 6.07) is 13.6. The van der Waals surface area contributed by atoms with Crippen LogP contribution in [0.3, 0.4) is 0 Å². The molecular weight excluding hydrogens is 304 g/mol. The van der Waals surface area contributed by atoms with Crippen molar-refractivity contribution in [2.45, 2.75) is 32.4 Å². The Kier molecular flexibility index (Phi) is 4.74. The van der Waals surface area contributed by atoms with Gasteiger partial charge in [0.1, 0.15) is 11.5 Å². The van der Waals surface area contributed by atoms with E-state index in [0.29, 0.717) is 23.6 Å². The standard InChI is InChI=1S/C18H20N4O2/c1-12(2)20-17-14(9-6-10-19-17)21-18(23)15-11-16(24-22-15)13-7-4-3-5-8-13/h3-10,12,16H,11H2,1-2H3,(H,19,20)(H,21,23). The Bertz CT molecular complexity index is 744. The first-order valence-electron chi connectivity index (χ1n) is 7.94. The van der Waals surface area contributed by atoms with E-state index in [1.165, 1.54) is 0 Å². The minimum atomic E-state index is -0.270. The van der Waals surface area contributed by atoms with Gasteiger partial charge < -0.3 is 15.5 Å². The van der Waals surface area contributed by atoms with Crippen molar-refractivity contribution >= 4 is 23.1 Å². The second kappa shape index (κ2) is 7.12. The molecule has 24 heavy (non-hydrogen) atoms. The lowest BCUT2D eigenvalue weighted by molar-refractivity contribution is -0.110. The molecule has 1 aliphatic heterocycles. The summed E-state index contributed by atoms with van der Waals surface area (Å²) < 4.78 is 0. The number of oxime groups is 1. The lowest BCUT2D eigenvalue weighted by Crippen LogP contribution is -2.23. The SMILES string of the molecule is CC(C)Nc1ncccc1NC(=O)C1=NOC(c2ccccc2)C1. The molecule has 0 saturated carbocycles. The molecule has 124 valence electrons. The Labute approximate surface area is 140 Å². The topological polar surface area (TPSA) is 75.6 Å². The fourth-order valence-electron chi connectivity index (χ4n) is 2.45. The molecular formula is C18H20N4O2. The Morgan fingerprint density at radius 3 is 2.75 bits per heavy atom. The van der Waals surface area contributed by atoms with Crippen LogP contribution >= 0.6 is 0 Å². The molecule has 1 unspecified atom stereocenters. The van der Waals surface area contributed by atoms with E-state index in [2.05, 4.69) is 20.8 Å². The lowest BCUT2D eigenvalue weighted by Gasteiger charge is -2.13. The van der Waals surface area contributed by atoms with E-state index >= 15 is 0 Å². The molecule has 1 amide bonds. The first-order chi connectivity index (χ1) is 11.6. The van der Waals surface area contributed by atoms with Gasteiger partial charge in [-0.05, 0) is 31.5 Å². The molecule has 1 atom stereocenters. The number of hydrogen-bond acceptors (Lipinski definition) is 5. The normalized spacial score (nSPS) is 16.5. The third kappa shape index (κ3) is 3.71. The second-order valence-electron chi connectivity index (χ2n) is 5.90. The van der Waals surface area contributed by atoms with Gasteiger partial charge in [0.2, 0.25) is 0 Å².